The van der Waals surface area contributed by atoms with Crippen LogP contribution in [-0.2, 0) is 11.3 Å². The Hall–Kier alpha value is -2.52. The van der Waals surface area contributed by atoms with Gasteiger partial charge in [-0.3, -0.25) is 4.79 Å². The first-order valence-corrected chi connectivity index (χ1v) is 8.72. The highest BCUT2D eigenvalue weighted by molar-refractivity contribution is 6.31. The third-order valence-corrected chi connectivity index (χ3v) is 4.46. The van der Waals surface area contributed by atoms with Gasteiger partial charge in [0.15, 0.2) is 6.10 Å². The summed E-state index contributed by atoms with van der Waals surface area (Å²) in [7, 11) is 0. The number of fused-ring (bicyclic) bond motifs is 1. The summed E-state index contributed by atoms with van der Waals surface area (Å²) >= 11 is 6.13. The predicted octanol–water partition coefficient (Wildman–Crippen LogP) is 4.97. The normalized spacial score (nSPS) is 11.9. The van der Waals surface area contributed by atoms with E-state index in [0.29, 0.717) is 18.0 Å². The van der Waals surface area contributed by atoms with Crippen LogP contribution in [0.25, 0.3) is 10.8 Å². The molecule has 0 saturated heterocycles. The lowest BCUT2D eigenvalue weighted by Crippen LogP contribution is -2.37. The first-order valence-electron chi connectivity index (χ1n) is 8.34. The van der Waals surface area contributed by atoms with Crippen LogP contribution in [0.4, 0.5) is 0 Å². The van der Waals surface area contributed by atoms with Crippen LogP contribution >= 0.6 is 11.6 Å². The van der Waals surface area contributed by atoms with Crippen molar-refractivity contribution in [3.63, 3.8) is 0 Å². The fraction of sp³-hybridized carbons (Fsp3) is 0.190. The van der Waals surface area contributed by atoms with Crippen LogP contribution < -0.4 is 10.1 Å². The molecule has 0 fully saturated rings. The molecule has 3 rings (SSSR count). The smallest absolute Gasteiger partial charge is 0.261 e. The maximum Gasteiger partial charge on any atom is 0.261 e. The zero-order valence-electron chi connectivity index (χ0n) is 14.0. The molecule has 3 nitrogen and oxygen atoms in total. The number of benzene rings is 3. The number of hydrogen-bond donors (Lipinski definition) is 1. The van der Waals surface area contributed by atoms with Crippen LogP contribution in [0.1, 0.15) is 18.9 Å². The molecule has 0 aliphatic rings. The quantitative estimate of drug-likeness (QED) is 0.679. The van der Waals surface area contributed by atoms with E-state index in [9.17, 15) is 4.79 Å². The second-order valence-corrected chi connectivity index (χ2v) is 6.21. The Labute approximate surface area is 152 Å². The SMILES string of the molecule is CC[C@@H](Oc1cccc2ccccc12)C(=O)NCc1ccccc1Cl. The lowest BCUT2D eigenvalue weighted by molar-refractivity contribution is -0.128. The third-order valence-electron chi connectivity index (χ3n) is 4.09. The van der Waals surface area contributed by atoms with Crippen molar-refractivity contribution < 1.29 is 9.53 Å². The zero-order valence-corrected chi connectivity index (χ0v) is 14.8. The van der Waals surface area contributed by atoms with E-state index >= 15 is 0 Å². The molecule has 1 N–H and O–H groups in total. The highest BCUT2D eigenvalue weighted by atomic mass is 35.5. The average molecular weight is 354 g/mol. The lowest BCUT2D eigenvalue weighted by Gasteiger charge is -2.18. The van der Waals surface area contributed by atoms with Crippen molar-refractivity contribution in [1.82, 2.24) is 5.32 Å². The number of hydrogen-bond acceptors (Lipinski definition) is 2. The number of rotatable bonds is 6. The molecule has 0 bridgehead atoms. The van der Waals surface area contributed by atoms with Crippen LogP contribution in [0.15, 0.2) is 66.7 Å². The Morgan fingerprint density at radius 2 is 1.76 bits per heavy atom. The van der Waals surface area contributed by atoms with Crippen molar-refractivity contribution in [3.05, 3.63) is 77.3 Å². The molecule has 0 radical (unpaired) electrons. The summed E-state index contributed by atoms with van der Waals surface area (Å²) in [4.78, 5) is 12.5. The topological polar surface area (TPSA) is 38.3 Å². The fourth-order valence-corrected chi connectivity index (χ4v) is 2.91. The van der Waals surface area contributed by atoms with Gasteiger partial charge in [0, 0.05) is 17.0 Å². The monoisotopic (exact) mass is 353 g/mol. The number of carbonyl (C=O) groups is 1. The molecule has 1 amide bonds. The molecule has 0 heterocycles. The van der Waals surface area contributed by atoms with Crippen LogP contribution in [0, 0.1) is 0 Å². The standard InChI is InChI=1S/C21H20ClNO2/c1-2-19(21(24)23-14-16-9-4-6-12-18(16)22)25-20-13-7-10-15-8-3-5-11-17(15)20/h3-13,19H,2,14H2,1H3,(H,23,24)/t19-/m1/s1. The lowest BCUT2D eigenvalue weighted by atomic mass is 10.1. The summed E-state index contributed by atoms with van der Waals surface area (Å²) < 4.78 is 6.01. The van der Waals surface area contributed by atoms with Gasteiger partial charge in [0.05, 0.1) is 0 Å². The van der Waals surface area contributed by atoms with Crippen molar-refractivity contribution in [2.24, 2.45) is 0 Å². The minimum atomic E-state index is -0.548. The highest BCUT2D eigenvalue weighted by Crippen LogP contribution is 2.26. The number of amides is 1. The van der Waals surface area contributed by atoms with Gasteiger partial charge in [-0.05, 0) is 29.5 Å². The Bertz CT molecular complexity index is 873. The second-order valence-electron chi connectivity index (χ2n) is 5.80. The molecule has 0 aliphatic heterocycles. The number of carbonyl (C=O) groups excluding carboxylic acids is 1. The summed E-state index contributed by atoms with van der Waals surface area (Å²) in [6.07, 6.45) is 0.0331. The molecule has 4 heteroatoms. The van der Waals surface area contributed by atoms with Crippen molar-refractivity contribution in [3.8, 4) is 5.75 Å². The molecule has 0 saturated carbocycles. The molecule has 0 aliphatic carbocycles. The van der Waals surface area contributed by atoms with Gasteiger partial charge in [-0.2, -0.15) is 0 Å². The Morgan fingerprint density at radius 1 is 1.04 bits per heavy atom. The Morgan fingerprint density at radius 3 is 2.56 bits per heavy atom. The molecule has 0 aromatic heterocycles. The average Bonchev–Trinajstić information content (AvgIpc) is 2.65. The van der Waals surface area contributed by atoms with E-state index in [1.54, 1.807) is 0 Å². The molecule has 3 aromatic rings. The molecule has 25 heavy (non-hydrogen) atoms. The van der Waals surface area contributed by atoms with E-state index in [2.05, 4.69) is 5.32 Å². The largest absolute Gasteiger partial charge is 0.480 e. The maximum absolute atomic E-state index is 12.5. The summed E-state index contributed by atoms with van der Waals surface area (Å²) in [6, 6.07) is 21.3. The van der Waals surface area contributed by atoms with Crippen molar-refractivity contribution >= 4 is 28.3 Å². The van der Waals surface area contributed by atoms with Gasteiger partial charge in [0.2, 0.25) is 0 Å². The number of nitrogens with one attached hydrogen (secondary N) is 1. The highest BCUT2D eigenvalue weighted by Gasteiger charge is 2.19. The van der Waals surface area contributed by atoms with E-state index < -0.39 is 6.10 Å². The maximum atomic E-state index is 12.5. The van der Waals surface area contributed by atoms with E-state index in [-0.39, 0.29) is 5.91 Å². The van der Waals surface area contributed by atoms with Crippen molar-refractivity contribution in [2.45, 2.75) is 26.0 Å². The van der Waals surface area contributed by atoms with Crippen LogP contribution in [0.5, 0.6) is 5.75 Å². The molecule has 3 aromatic carbocycles. The van der Waals surface area contributed by atoms with Gasteiger partial charge in [-0.15, -0.1) is 0 Å². The molecular weight excluding hydrogens is 334 g/mol. The molecule has 1 atom stereocenters. The predicted molar refractivity (Wildman–Crippen MR) is 102 cm³/mol. The van der Waals surface area contributed by atoms with Gasteiger partial charge in [0.25, 0.3) is 5.91 Å². The molecule has 128 valence electrons. The van der Waals surface area contributed by atoms with Crippen LogP contribution in [-0.4, -0.2) is 12.0 Å². The minimum absolute atomic E-state index is 0.143. The van der Waals surface area contributed by atoms with Crippen LogP contribution in [0.3, 0.4) is 0 Å². The van der Waals surface area contributed by atoms with Crippen LogP contribution in [0.2, 0.25) is 5.02 Å². The zero-order chi connectivity index (χ0) is 17.6. The van der Waals surface area contributed by atoms with Gasteiger partial charge in [-0.25, -0.2) is 0 Å². The second kappa shape index (κ2) is 8.04. The summed E-state index contributed by atoms with van der Waals surface area (Å²) in [6.45, 7) is 2.32. The summed E-state index contributed by atoms with van der Waals surface area (Å²) in [5, 5.41) is 5.65. The summed E-state index contributed by atoms with van der Waals surface area (Å²) in [5.74, 6) is 0.577. The van der Waals surface area contributed by atoms with Gasteiger partial charge in [-0.1, -0.05) is 73.1 Å². The van der Waals surface area contributed by atoms with E-state index in [4.69, 9.17) is 16.3 Å². The van der Waals surface area contributed by atoms with Gasteiger partial charge in [0.1, 0.15) is 5.75 Å². The minimum Gasteiger partial charge on any atom is -0.480 e. The van der Waals surface area contributed by atoms with E-state index in [1.807, 2.05) is 73.7 Å². The fourth-order valence-electron chi connectivity index (χ4n) is 2.71. The molecular formula is C21H20ClNO2. The molecule has 0 spiro atoms. The van der Waals surface area contributed by atoms with Crippen molar-refractivity contribution in [1.29, 1.82) is 0 Å². The molecule has 0 unspecified atom stereocenters. The van der Waals surface area contributed by atoms with Crippen molar-refractivity contribution in [2.75, 3.05) is 0 Å². The number of halogens is 1. The Balaban J connectivity index is 1.71. The van der Waals surface area contributed by atoms with Gasteiger partial charge >= 0.3 is 0 Å². The number of ether oxygens (including phenoxy) is 1. The Kier molecular flexibility index (Phi) is 5.56. The first-order chi connectivity index (χ1) is 12.2. The van der Waals surface area contributed by atoms with E-state index in [1.165, 1.54) is 0 Å². The third kappa shape index (κ3) is 4.12. The summed E-state index contributed by atoms with van der Waals surface area (Å²) in [5.41, 5.74) is 0.887. The van der Waals surface area contributed by atoms with E-state index in [0.717, 1.165) is 22.1 Å². The van der Waals surface area contributed by atoms with Gasteiger partial charge < -0.3 is 10.1 Å². The first kappa shape index (κ1) is 17.3.